The van der Waals surface area contributed by atoms with Gasteiger partial charge < -0.3 is 10.1 Å². The van der Waals surface area contributed by atoms with E-state index in [2.05, 4.69) is 12.2 Å². The topological polar surface area (TPSA) is 72.5 Å². The quantitative estimate of drug-likeness (QED) is 0.604. The van der Waals surface area contributed by atoms with Crippen molar-refractivity contribution in [2.45, 2.75) is 64.5 Å². The van der Waals surface area contributed by atoms with Crippen LogP contribution in [-0.4, -0.2) is 29.8 Å². The van der Waals surface area contributed by atoms with Gasteiger partial charge in [0.1, 0.15) is 0 Å². The van der Waals surface area contributed by atoms with E-state index in [0.29, 0.717) is 10.8 Å². The summed E-state index contributed by atoms with van der Waals surface area (Å²) in [6.45, 7) is 3.71. The van der Waals surface area contributed by atoms with E-state index in [9.17, 15) is 14.4 Å². The lowest BCUT2D eigenvalue weighted by atomic mass is 9.86. The minimum Gasteiger partial charge on any atom is -0.453 e. The molecule has 6 heteroatoms. The van der Waals surface area contributed by atoms with Gasteiger partial charge >= 0.3 is 5.97 Å². The molecule has 1 fully saturated rings. The Hall–Kier alpha value is -1.69. The van der Waals surface area contributed by atoms with Gasteiger partial charge in [0, 0.05) is 12.5 Å². The number of esters is 1. The first kappa shape index (κ1) is 18.6. The number of amides is 1. The normalized spacial score (nSPS) is 21.8. The molecule has 0 radical (unpaired) electrons. The molecular weight excluding hydrogens is 326 g/mol. The van der Waals surface area contributed by atoms with E-state index in [1.165, 1.54) is 17.8 Å². The third-order valence-corrected chi connectivity index (χ3v) is 5.38. The highest BCUT2D eigenvalue weighted by molar-refractivity contribution is 7.12. The van der Waals surface area contributed by atoms with Gasteiger partial charge in [0.25, 0.3) is 5.91 Å². The highest BCUT2D eigenvalue weighted by atomic mass is 32.1. The van der Waals surface area contributed by atoms with E-state index in [1.807, 2.05) is 5.38 Å². The zero-order valence-corrected chi connectivity index (χ0v) is 15.1. The van der Waals surface area contributed by atoms with Crippen molar-refractivity contribution in [2.24, 2.45) is 5.92 Å². The Morgan fingerprint density at radius 2 is 2.04 bits per heavy atom. The summed E-state index contributed by atoms with van der Waals surface area (Å²) in [5.74, 6) is -0.393. The molecule has 3 atom stereocenters. The van der Waals surface area contributed by atoms with E-state index in [1.54, 1.807) is 19.1 Å². The Morgan fingerprint density at radius 3 is 2.71 bits per heavy atom. The molecule has 0 spiro atoms. The van der Waals surface area contributed by atoms with Crippen LogP contribution < -0.4 is 5.32 Å². The van der Waals surface area contributed by atoms with Crippen LogP contribution in [0.15, 0.2) is 17.5 Å². The van der Waals surface area contributed by atoms with Gasteiger partial charge in [-0.3, -0.25) is 14.4 Å². The van der Waals surface area contributed by atoms with Crippen LogP contribution in [0.4, 0.5) is 0 Å². The SMILES string of the molecule is C[C@H](OC(=O)CCC(=O)c1cccs1)C(=O)N[C@H]1CCCC[C@@H]1C. The molecule has 0 saturated heterocycles. The second-order valence-corrected chi connectivity index (χ2v) is 7.36. The summed E-state index contributed by atoms with van der Waals surface area (Å²) in [7, 11) is 0. The molecule has 1 aromatic heterocycles. The average molecular weight is 351 g/mol. The number of rotatable bonds is 7. The van der Waals surface area contributed by atoms with E-state index in [0.717, 1.165) is 19.3 Å². The summed E-state index contributed by atoms with van der Waals surface area (Å²) in [5.41, 5.74) is 0. The molecule has 1 aliphatic rings. The summed E-state index contributed by atoms with van der Waals surface area (Å²) >= 11 is 1.36. The van der Waals surface area contributed by atoms with Crippen molar-refractivity contribution >= 4 is 29.0 Å². The number of thiophene rings is 1. The van der Waals surface area contributed by atoms with Crippen LogP contribution in [0.1, 0.15) is 62.0 Å². The van der Waals surface area contributed by atoms with Gasteiger partial charge in [-0.05, 0) is 37.1 Å². The van der Waals surface area contributed by atoms with Gasteiger partial charge in [0.2, 0.25) is 0 Å². The molecule has 0 bridgehead atoms. The van der Waals surface area contributed by atoms with Crippen LogP contribution in [0.25, 0.3) is 0 Å². The molecule has 1 heterocycles. The van der Waals surface area contributed by atoms with Crippen molar-refractivity contribution in [3.05, 3.63) is 22.4 Å². The van der Waals surface area contributed by atoms with E-state index in [-0.39, 0.29) is 30.6 Å². The third-order valence-electron chi connectivity index (χ3n) is 4.47. The van der Waals surface area contributed by atoms with Crippen molar-refractivity contribution in [1.29, 1.82) is 0 Å². The smallest absolute Gasteiger partial charge is 0.307 e. The number of ether oxygens (including phenoxy) is 1. The number of nitrogens with one attached hydrogen (secondary N) is 1. The van der Waals surface area contributed by atoms with Crippen LogP contribution in [0.5, 0.6) is 0 Å². The fourth-order valence-electron chi connectivity index (χ4n) is 2.92. The third kappa shape index (κ3) is 5.44. The maximum absolute atomic E-state index is 12.2. The molecule has 24 heavy (non-hydrogen) atoms. The fraction of sp³-hybridized carbons (Fsp3) is 0.611. The summed E-state index contributed by atoms with van der Waals surface area (Å²) in [5, 5.41) is 4.80. The predicted octanol–water partition coefficient (Wildman–Crippen LogP) is 3.34. The molecule has 1 amide bonds. The van der Waals surface area contributed by atoms with Gasteiger partial charge in [-0.15, -0.1) is 11.3 Å². The molecule has 0 unspecified atom stereocenters. The maximum atomic E-state index is 12.2. The van der Waals surface area contributed by atoms with E-state index >= 15 is 0 Å². The largest absolute Gasteiger partial charge is 0.453 e. The van der Waals surface area contributed by atoms with E-state index in [4.69, 9.17) is 4.74 Å². The van der Waals surface area contributed by atoms with Gasteiger partial charge in [-0.25, -0.2) is 0 Å². The minimum atomic E-state index is -0.830. The van der Waals surface area contributed by atoms with Crippen molar-refractivity contribution in [1.82, 2.24) is 5.32 Å². The lowest BCUT2D eigenvalue weighted by Gasteiger charge is -2.30. The van der Waals surface area contributed by atoms with Crippen LogP contribution in [0.2, 0.25) is 0 Å². The first-order valence-electron chi connectivity index (χ1n) is 8.54. The Labute approximate surface area is 146 Å². The van der Waals surface area contributed by atoms with Crippen molar-refractivity contribution in [2.75, 3.05) is 0 Å². The lowest BCUT2D eigenvalue weighted by molar-refractivity contribution is -0.155. The summed E-state index contributed by atoms with van der Waals surface area (Å²) in [6, 6.07) is 3.70. The standard InChI is InChI=1S/C18H25NO4S/c1-12-6-3-4-7-14(12)19-18(22)13(2)23-17(21)10-9-15(20)16-8-5-11-24-16/h5,8,11-14H,3-4,6-7,9-10H2,1-2H3,(H,19,22)/t12-,13-,14-/m0/s1. The summed E-state index contributed by atoms with van der Waals surface area (Å²) in [6.07, 6.45) is 3.68. The highest BCUT2D eigenvalue weighted by Gasteiger charge is 2.26. The second kappa shape index (κ2) is 8.97. The first-order valence-corrected chi connectivity index (χ1v) is 9.42. The number of Topliss-reactive ketones (excluding diaryl/α,β-unsaturated/α-hetero) is 1. The highest BCUT2D eigenvalue weighted by Crippen LogP contribution is 2.23. The Bertz CT molecular complexity index is 570. The molecular formula is C18H25NO4S. The van der Waals surface area contributed by atoms with Gasteiger partial charge in [-0.2, -0.15) is 0 Å². The molecule has 132 valence electrons. The van der Waals surface area contributed by atoms with Crippen molar-refractivity contribution in [3.63, 3.8) is 0 Å². The first-order chi connectivity index (χ1) is 11.5. The average Bonchev–Trinajstić information content (AvgIpc) is 3.09. The monoisotopic (exact) mass is 351 g/mol. The van der Waals surface area contributed by atoms with Gasteiger partial charge in [0.15, 0.2) is 11.9 Å². The molecule has 1 aliphatic carbocycles. The number of carbonyl (C=O) groups excluding carboxylic acids is 3. The number of hydrogen-bond acceptors (Lipinski definition) is 5. The van der Waals surface area contributed by atoms with Gasteiger partial charge in [-0.1, -0.05) is 25.8 Å². The molecule has 0 aromatic carbocycles. The second-order valence-electron chi connectivity index (χ2n) is 6.41. The zero-order chi connectivity index (χ0) is 17.5. The summed E-state index contributed by atoms with van der Waals surface area (Å²) < 4.78 is 5.16. The van der Waals surface area contributed by atoms with Crippen LogP contribution in [0.3, 0.4) is 0 Å². The molecule has 5 nitrogen and oxygen atoms in total. The fourth-order valence-corrected chi connectivity index (χ4v) is 3.61. The number of ketones is 1. The Morgan fingerprint density at radius 1 is 1.29 bits per heavy atom. The van der Waals surface area contributed by atoms with Crippen LogP contribution in [0, 0.1) is 5.92 Å². The number of carbonyl (C=O) groups is 3. The maximum Gasteiger partial charge on any atom is 0.307 e. The Balaban J connectivity index is 1.72. The zero-order valence-electron chi connectivity index (χ0n) is 14.2. The molecule has 1 aromatic rings. The lowest BCUT2D eigenvalue weighted by Crippen LogP contribution is -2.46. The van der Waals surface area contributed by atoms with Crippen molar-refractivity contribution < 1.29 is 19.1 Å². The molecule has 0 aliphatic heterocycles. The van der Waals surface area contributed by atoms with Crippen LogP contribution >= 0.6 is 11.3 Å². The molecule has 2 rings (SSSR count). The van der Waals surface area contributed by atoms with Gasteiger partial charge in [0.05, 0.1) is 11.3 Å². The van der Waals surface area contributed by atoms with E-state index < -0.39 is 12.1 Å². The number of hydrogen-bond donors (Lipinski definition) is 1. The molecule has 1 saturated carbocycles. The van der Waals surface area contributed by atoms with Crippen molar-refractivity contribution in [3.8, 4) is 0 Å². The Kier molecular flexibility index (Phi) is 6.97. The summed E-state index contributed by atoms with van der Waals surface area (Å²) in [4.78, 5) is 36.5. The molecule has 1 N–H and O–H groups in total. The van der Waals surface area contributed by atoms with Crippen LogP contribution in [-0.2, 0) is 14.3 Å². The predicted molar refractivity (Wildman–Crippen MR) is 93.0 cm³/mol. The minimum absolute atomic E-state index is 0.00577.